The first kappa shape index (κ1) is 22.0. The number of sulfonamides is 1. The average Bonchev–Trinajstić information content (AvgIpc) is 2.58. The first-order chi connectivity index (χ1) is 12.6. The van der Waals surface area contributed by atoms with Crippen LogP contribution < -0.4 is 4.31 Å². The van der Waals surface area contributed by atoms with Crippen molar-refractivity contribution in [2.45, 2.75) is 29.8 Å². The molecule has 0 aliphatic heterocycles. The van der Waals surface area contributed by atoms with Crippen molar-refractivity contribution in [1.82, 2.24) is 0 Å². The van der Waals surface area contributed by atoms with Gasteiger partial charge < -0.3 is 5.11 Å². The zero-order valence-corrected chi connectivity index (χ0v) is 15.3. The van der Waals surface area contributed by atoms with Crippen molar-refractivity contribution in [3.63, 3.8) is 0 Å². The lowest BCUT2D eigenvalue weighted by Gasteiger charge is -2.33. The average molecular weight is 427 g/mol. The van der Waals surface area contributed by atoms with Crippen LogP contribution in [0.3, 0.4) is 0 Å². The second kappa shape index (κ2) is 6.96. The van der Waals surface area contributed by atoms with Crippen LogP contribution >= 0.6 is 0 Å². The summed E-state index contributed by atoms with van der Waals surface area (Å²) in [7, 11) is -2.99. The van der Waals surface area contributed by atoms with E-state index in [9.17, 15) is 39.9 Å². The Hall–Kier alpha value is -2.27. The van der Waals surface area contributed by atoms with Crippen molar-refractivity contribution in [3.05, 3.63) is 59.7 Å². The third-order valence-electron chi connectivity index (χ3n) is 4.12. The minimum atomic E-state index is -6.02. The first-order valence-corrected chi connectivity index (χ1v) is 9.08. The molecule has 0 radical (unpaired) electrons. The zero-order valence-electron chi connectivity index (χ0n) is 14.5. The van der Waals surface area contributed by atoms with Gasteiger partial charge in [-0.25, -0.2) is 8.42 Å². The standard InChI is InChI=1S/C17H15F6NO3S/c1-11-4-3-5-14(10-11)28(26,27)24(2)13-8-6-12(7-9-13)15(25,16(18,19)20)17(21,22)23/h3-10,25H,1-2H3. The molecular weight excluding hydrogens is 412 g/mol. The van der Waals surface area contributed by atoms with Gasteiger partial charge in [0.05, 0.1) is 10.6 Å². The van der Waals surface area contributed by atoms with Crippen LogP contribution in [0.15, 0.2) is 53.4 Å². The quantitative estimate of drug-likeness (QED) is 0.747. The zero-order chi connectivity index (χ0) is 21.5. The van der Waals surface area contributed by atoms with E-state index in [0.29, 0.717) is 22.0 Å². The van der Waals surface area contributed by atoms with Gasteiger partial charge in [0.25, 0.3) is 15.6 Å². The predicted octanol–water partition coefficient (Wildman–Crippen LogP) is 4.13. The molecule has 0 spiro atoms. The van der Waals surface area contributed by atoms with Gasteiger partial charge in [-0.3, -0.25) is 4.31 Å². The van der Waals surface area contributed by atoms with Gasteiger partial charge in [0.15, 0.2) is 0 Å². The van der Waals surface area contributed by atoms with Gasteiger partial charge in [-0.2, -0.15) is 26.3 Å². The molecule has 1 N–H and O–H groups in total. The minimum Gasteiger partial charge on any atom is -0.369 e. The predicted molar refractivity (Wildman–Crippen MR) is 89.2 cm³/mol. The molecule has 2 aromatic rings. The molecule has 0 aliphatic rings. The highest BCUT2D eigenvalue weighted by atomic mass is 32.2. The Balaban J connectivity index is 2.46. The summed E-state index contributed by atoms with van der Waals surface area (Å²) in [5, 5.41) is 9.37. The molecule has 0 aliphatic carbocycles. The lowest BCUT2D eigenvalue weighted by atomic mass is 9.92. The Labute approximate surface area is 157 Å². The SMILES string of the molecule is Cc1cccc(S(=O)(=O)N(C)c2ccc(C(O)(C(F)(F)F)C(F)(F)F)cc2)c1. The van der Waals surface area contributed by atoms with Crippen LogP contribution in [-0.4, -0.2) is 32.9 Å². The van der Waals surface area contributed by atoms with Crippen LogP contribution in [0.5, 0.6) is 0 Å². The minimum absolute atomic E-state index is 0.0961. The summed E-state index contributed by atoms with van der Waals surface area (Å²) < 4.78 is 103. The molecule has 154 valence electrons. The van der Waals surface area contributed by atoms with Gasteiger partial charge >= 0.3 is 12.4 Å². The maximum absolute atomic E-state index is 12.9. The number of anilines is 1. The van der Waals surface area contributed by atoms with Gasteiger partial charge in [-0.1, -0.05) is 24.3 Å². The molecule has 28 heavy (non-hydrogen) atoms. The van der Waals surface area contributed by atoms with Gasteiger partial charge in [0.1, 0.15) is 0 Å². The van der Waals surface area contributed by atoms with Crippen molar-refractivity contribution in [1.29, 1.82) is 0 Å². The van der Waals surface area contributed by atoms with E-state index in [-0.39, 0.29) is 10.6 Å². The van der Waals surface area contributed by atoms with Gasteiger partial charge in [-0.05, 0) is 36.8 Å². The Kier molecular flexibility index (Phi) is 5.47. The number of hydrogen-bond acceptors (Lipinski definition) is 3. The summed E-state index contributed by atoms with van der Waals surface area (Å²) in [6.07, 6.45) is -12.0. The number of nitrogens with zero attached hydrogens (tertiary/aromatic N) is 1. The van der Waals surface area contributed by atoms with Crippen molar-refractivity contribution in [2.24, 2.45) is 0 Å². The van der Waals surface area contributed by atoms with Crippen molar-refractivity contribution in [3.8, 4) is 0 Å². The van der Waals surface area contributed by atoms with E-state index in [1.807, 2.05) is 0 Å². The van der Waals surface area contributed by atoms with Crippen molar-refractivity contribution in [2.75, 3.05) is 11.4 Å². The lowest BCUT2D eigenvalue weighted by molar-refractivity contribution is -0.376. The maximum atomic E-state index is 12.9. The monoisotopic (exact) mass is 427 g/mol. The fourth-order valence-electron chi connectivity index (χ4n) is 2.47. The normalized spacial score (nSPS) is 13.5. The Morgan fingerprint density at radius 1 is 0.893 bits per heavy atom. The molecule has 0 saturated heterocycles. The van der Waals surface area contributed by atoms with E-state index >= 15 is 0 Å². The molecule has 0 heterocycles. The third kappa shape index (κ3) is 3.68. The molecule has 0 fully saturated rings. The smallest absolute Gasteiger partial charge is 0.369 e. The summed E-state index contributed by atoms with van der Waals surface area (Å²) in [4.78, 5) is -0.0961. The van der Waals surface area contributed by atoms with Gasteiger partial charge in [0, 0.05) is 12.6 Å². The number of aliphatic hydroxyl groups is 1. The van der Waals surface area contributed by atoms with E-state index in [4.69, 9.17) is 0 Å². The summed E-state index contributed by atoms with van der Waals surface area (Å²) in [5.74, 6) is 0. The second-order valence-corrected chi connectivity index (χ2v) is 8.01. The fourth-order valence-corrected chi connectivity index (χ4v) is 3.77. The molecule has 4 nitrogen and oxygen atoms in total. The summed E-state index contributed by atoms with van der Waals surface area (Å²) in [6, 6.07) is 8.10. The maximum Gasteiger partial charge on any atom is 0.430 e. The third-order valence-corrected chi connectivity index (χ3v) is 5.90. The molecule has 0 saturated carbocycles. The van der Waals surface area contributed by atoms with E-state index in [2.05, 4.69) is 0 Å². The second-order valence-electron chi connectivity index (χ2n) is 6.04. The first-order valence-electron chi connectivity index (χ1n) is 7.64. The van der Waals surface area contributed by atoms with Gasteiger partial charge in [-0.15, -0.1) is 0 Å². The van der Waals surface area contributed by atoms with Crippen LogP contribution in [0.4, 0.5) is 32.0 Å². The van der Waals surface area contributed by atoms with Crippen LogP contribution in [0, 0.1) is 6.92 Å². The molecule has 11 heteroatoms. The number of aryl methyl sites for hydroxylation is 1. The molecular formula is C17H15F6NO3S. The van der Waals surface area contributed by atoms with Crippen LogP contribution in [0.1, 0.15) is 11.1 Å². The largest absolute Gasteiger partial charge is 0.430 e. The molecule has 2 aromatic carbocycles. The Morgan fingerprint density at radius 3 is 1.82 bits per heavy atom. The van der Waals surface area contributed by atoms with E-state index < -0.39 is 33.5 Å². The van der Waals surface area contributed by atoms with Gasteiger partial charge in [0.2, 0.25) is 0 Å². The highest BCUT2D eigenvalue weighted by Crippen LogP contribution is 2.50. The Morgan fingerprint density at radius 2 is 1.39 bits per heavy atom. The fraction of sp³-hybridized carbons (Fsp3) is 0.294. The van der Waals surface area contributed by atoms with Crippen LogP contribution in [-0.2, 0) is 15.6 Å². The number of rotatable bonds is 4. The highest BCUT2D eigenvalue weighted by molar-refractivity contribution is 7.92. The van der Waals surface area contributed by atoms with Crippen LogP contribution in [0.2, 0.25) is 0 Å². The number of hydrogen-bond donors (Lipinski definition) is 1. The topological polar surface area (TPSA) is 57.6 Å². The van der Waals surface area contributed by atoms with Crippen molar-refractivity contribution < 1.29 is 39.9 Å². The molecule has 0 atom stereocenters. The van der Waals surface area contributed by atoms with E-state index in [1.54, 1.807) is 13.0 Å². The van der Waals surface area contributed by atoms with E-state index in [0.717, 1.165) is 19.2 Å². The molecule has 0 aromatic heterocycles. The molecule has 0 bridgehead atoms. The number of alkyl halides is 6. The summed E-state index contributed by atoms with van der Waals surface area (Å²) >= 11 is 0. The molecule has 2 rings (SSSR count). The number of halogens is 6. The lowest BCUT2D eigenvalue weighted by Crippen LogP contribution is -2.53. The van der Waals surface area contributed by atoms with Crippen LogP contribution in [0.25, 0.3) is 0 Å². The Bertz CT molecular complexity index is 938. The van der Waals surface area contributed by atoms with E-state index in [1.165, 1.54) is 18.2 Å². The summed E-state index contributed by atoms with van der Waals surface area (Å²) in [6.45, 7) is 1.66. The number of benzene rings is 2. The summed E-state index contributed by atoms with van der Waals surface area (Å²) in [5.41, 5.74) is -6.09. The van der Waals surface area contributed by atoms with Crippen molar-refractivity contribution >= 4 is 15.7 Å². The molecule has 0 amide bonds. The molecule has 0 unspecified atom stereocenters. The highest BCUT2D eigenvalue weighted by Gasteiger charge is 2.71.